The van der Waals surface area contributed by atoms with E-state index in [0.717, 1.165) is 5.56 Å². The van der Waals surface area contributed by atoms with Crippen LogP contribution in [-0.4, -0.2) is 30.7 Å². The van der Waals surface area contributed by atoms with Crippen LogP contribution >= 0.6 is 23.2 Å². The summed E-state index contributed by atoms with van der Waals surface area (Å²) in [5.74, 6) is -0.0275. The Bertz CT molecular complexity index is 1430. The summed E-state index contributed by atoms with van der Waals surface area (Å²) in [6.45, 7) is 3.99. The third kappa shape index (κ3) is 4.28. The normalized spacial score (nSPS) is 11.5. The molecule has 0 radical (unpaired) electrons. The Labute approximate surface area is 193 Å². The molecule has 4 aromatic rings. The molecule has 0 aliphatic carbocycles. The van der Waals surface area contributed by atoms with E-state index in [0.29, 0.717) is 15.6 Å². The molecule has 4 rings (SSSR count). The van der Waals surface area contributed by atoms with Crippen LogP contribution in [0.2, 0.25) is 10.0 Å². The number of amides is 1. The number of hydrogen-bond donors (Lipinski definition) is 1. The number of nitrogens with one attached hydrogen (secondary N) is 1. The number of nitrogens with zero attached hydrogens (tertiary/aromatic N) is 4. The number of benzene rings is 2. The average Bonchev–Trinajstić information content (AvgIpc) is 3.05. The van der Waals surface area contributed by atoms with Gasteiger partial charge in [0.2, 0.25) is 11.7 Å². The fraction of sp³-hybridized carbons (Fsp3) is 0.273. The zero-order valence-corrected chi connectivity index (χ0v) is 19.0. The minimum atomic E-state index is -0.400. The largest absolute Gasteiger partial charge is 0.354 e. The summed E-state index contributed by atoms with van der Waals surface area (Å²) in [7, 11) is 0. The molecular formula is C22H21Cl2N5O3. The molecule has 2 aromatic heterocycles. The lowest BCUT2D eigenvalue weighted by Crippen LogP contribution is -2.32. The van der Waals surface area contributed by atoms with E-state index in [1.807, 2.05) is 13.8 Å². The maximum atomic E-state index is 13.3. The van der Waals surface area contributed by atoms with Gasteiger partial charge in [-0.05, 0) is 49.7 Å². The molecule has 10 heteroatoms. The van der Waals surface area contributed by atoms with Crippen LogP contribution in [0.15, 0.2) is 52.1 Å². The van der Waals surface area contributed by atoms with Gasteiger partial charge in [0, 0.05) is 29.1 Å². The van der Waals surface area contributed by atoms with Crippen molar-refractivity contribution in [3.05, 3.63) is 78.9 Å². The third-order valence-electron chi connectivity index (χ3n) is 5.00. The van der Waals surface area contributed by atoms with Gasteiger partial charge in [0.25, 0.3) is 5.56 Å². The summed E-state index contributed by atoms with van der Waals surface area (Å²) in [4.78, 5) is 38.7. The molecule has 2 heterocycles. The van der Waals surface area contributed by atoms with Crippen LogP contribution in [0.4, 0.5) is 0 Å². The topological polar surface area (TPSA) is 90.4 Å². The van der Waals surface area contributed by atoms with Crippen LogP contribution in [0, 0.1) is 0 Å². The number of fused-ring (bicyclic) bond motifs is 3. The average molecular weight is 474 g/mol. The highest BCUT2D eigenvalue weighted by molar-refractivity contribution is 6.31. The minimum absolute atomic E-state index is 0.0177. The Morgan fingerprint density at radius 1 is 1.06 bits per heavy atom. The zero-order valence-electron chi connectivity index (χ0n) is 17.5. The lowest BCUT2D eigenvalue weighted by atomic mass is 10.2. The van der Waals surface area contributed by atoms with E-state index in [-0.39, 0.29) is 48.2 Å². The minimum Gasteiger partial charge on any atom is -0.354 e. The number of aryl methyl sites for hydroxylation is 1. The molecule has 0 fully saturated rings. The standard InChI is InChI=1S/C22H21Cl2N5O3/c1-13(2)25-19(30)9-10-27-20(31)17-11-16(24)7-8-18(17)29-21(27)26-28(22(29)32)12-14-3-5-15(23)6-4-14/h3-8,11,13H,9-10,12H2,1-2H3,(H,25,30). The molecule has 0 saturated heterocycles. The smallest absolute Gasteiger partial charge is 0.352 e. The van der Waals surface area contributed by atoms with Crippen LogP contribution in [-0.2, 0) is 17.9 Å². The van der Waals surface area contributed by atoms with E-state index >= 15 is 0 Å². The molecule has 8 nitrogen and oxygen atoms in total. The van der Waals surface area contributed by atoms with Crippen molar-refractivity contribution in [1.29, 1.82) is 0 Å². The maximum Gasteiger partial charge on any atom is 0.352 e. The van der Waals surface area contributed by atoms with Crippen LogP contribution in [0.5, 0.6) is 0 Å². The summed E-state index contributed by atoms with van der Waals surface area (Å²) in [5.41, 5.74) is 0.473. The molecule has 0 atom stereocenters. The maximum absolute atomic E-state index is 13.3. The molecule has 0 aliphatic rings. The molecule has 32 heavy (non-hydrogen) atoms. The second-order valence-electron chi connectivity index (χ2n) is 7.79. The number of halogens is 2. The fourth-order valence-corrected chi connectivity index (χ4v) is 3.87. The van der Waals surface area contributed by atoms with E-state index in [1.165, 1.54) is 19.7 Å². The highest BCUT2D eigenvalue weighted by Gasteiger charge is 2.18. The Morgan fingerprint density at radius 2 is 1.75 bits per heavy atom. The molecular weight excluding hydrogens is 453 g/mol. The second kappa shape index (κ2) is 8.80. The number of aromatic nitrogens is 4. The number of carbonyl (C=O) groups excluding carboxylic acids is 1. The predicted molar refractivity (Wildman–Crippen MR) is 125 cm³/mol. The SMILES string of the molecule is CC(C)NC(=O)CCn1c(=O)c2cc(Cl)ccc2n2c(=O)n(Cc3ccc(Cl)cc3)nc12. The highest BCUT2D eigenvalue weighted by Crippen LogP contribution is 2.17. The van der Waals surface area contributed by atoms with E-state index in [1.54, 1.807) is 36.4 Å². The molecule has 2 aromatic carbocycles. The third-order valence-corrected chi connectivity index (χ3v) is 5.48. The van der Waals surface area contributed by atoms with Gasteiger partial charge in [-0.3, -0.25) is 14.2 Å². The lowest BCUT2D eigenvalue weighted by Gasteiger charge is -2.11. The number of hydrogen-bond acceptors (Lipinski definition) is 4. The van der Waals surface area contributed by atoms with Gasteiger partial charge >= 0.3 is 5.69 Å². The summed E-state index contributed by atoms with van der Waals surface area (Å²) in [6, 6.07) is 11.8. The van der Waals surface area contributed by atoms with Gasteiger partial charge in [-0.2, -0.15) is 0 Å². The lowest BCUT2D eigenvalue weighted by molar-refractivity contribution is -0.121. The Morgan fingerprint density at radius 3 is 2.44 bits per heavy atom. The van der Waals surface area contributed by atoms with Crippen molar-refractivity contribution in [2.45, 2.75) is 39.4 Å². The van der Waals surface area contributed by atoms with Gasteiger partial charge in [0.1, 0.15) is 0 Å². The fourth-order valence-electron chi connectivity index (χ4n) is 3.57. The molecule has 1 amide bonds. The monoisotopic (exact) mass is 473 g/mol. The highest BCUT2D eigenvalue weighted by atomic mass is 35.5. The zero-order chi connectivity index (χ0) is 23.0. The Kier molecular flexibility index (Phi) is 6.08. The van der Waals surface area contributed by atoms with Crippen molar-refractivity contribution in [2.24, 2.45) is 0 Å². The van der Waals surface area contributed by atoms with Gasteiger partial charge in [0.05, 0.1) is 17.4 Å². The van der Waals surface area contributed by atoms with Crippen LogP contribution in [0.25, 0.3) is 16.7 Å². The number of carbonyl (C=O) groups is 1. The first-order valence-corrected chi connectivity index (χ1v) is 10.9. The van der Waals surface area contributed by atoms with Crippen molar-refractivity contribution in [2.75, 3.05) is 0 Å². The van der Waals surface area contributed by atoms with E-state index in [2.05, 4.69) is 10.4 Å². The van der Waals surface area contributed by atoms with Crippen LogP contribution in [0.1, 0.15) is 25.8 Å². The van der Waals surface area contributed by atoms with Crippen molar-refractivity contribution in [3.63, 3.8) is 0 Å². The van der Waals surface area contributed by atoms with Crippen LogP contribution in [0.3, 0.4) is 0 Å². The van der Waals surface area contributed by atoms with Gasteiger partial charge in [0.15, 0.2) is 0 Å². The van der Waals surface area contributed by atoms with E-state index in [4.69, 9.17) is 23.2 Å². The van der Waals surface area contributed by atoms with Crippen LogP contribution < -0.4 is 16.6 Å². The van der Waals surface area contributed by atoms with Crippen molar-refractivity contribution >= 4 is 45.8 Å². The van der Waals surface area contributed by atoms with E-state index < -0.39 is 5.69 Å². The Hall–Kier alpha value is -3.10. The van der Waals surface area contributed by atoms with E-state index in [9.17, 15) is 14.4 Å². The molecule has 0 spiro atoms. The first kappa shape index (κ1) is 22.1. The van der Waals surface area contributed by atoms with Crippen molar-refractivity contribution < 1.29 is 4.79 Å². The first-order chi connectivity index (χ1) is 15.2. The summed E-state index contributed by atoms with van der Waals surface area (Å²) < 4.78 is 4.01. The quantitative estimate of drug-likeness (QED) is 0.465. The summed E-state index contributed by atoms with van der Waals surface area (Å²) in [5, 5.41) is 8.48. The molecule has 0 unspecified atom stereocenters. The molecule has 0 aliphatic heterocycles. The molecule has 0 saturated carbocycles. The van der Waals surface area contributed by atoms with Gasteiger partial charge in [-0.15, -0.1) is 5.10 Å². The molecule has 1 N–H and O–H groups in total. The first-order valence-electron chi connectivity index (χ1n) is 10.1. The molecule has 166 valence electrons. The summed E-state index contributed by atoms with van der Waals surface area (Å²) in [6.07, 6.45) is 0.0675. The van der Waals surface area contributed by atoms with Gasteiger partial charge < -0.3 is 5.32 Å². The molecule has 0 bridgehead atoms. The van der Waals surface area contributed by atoms with Crippen molar-refractivity contribution in [3.8, 4) is 0 Å². The van der Waals surface area contributed by atoms with Gasteiger partial charge in [-0.25, -0.2) is 13.9 Å². The Balaban J connectivity index is 1.87. The second-order valence-corrected chi connectivity index (χ2v) is 8.67. The van der Waals surface area contributed by atoms with Gasteiger partial charge in [-0.1, -0.05) is 35.3 Å². The van der Waals surface area contributed by atoms with Crippen molar-refractivity contribution in [1.82, 2.24) is 24.1 Å². The predicted octanol–water partition coefficient (Wildman–Crippen LogP) is 3.08. The summed E-state index contributed by atoms with van der Waals surface area (Å²) >= 11 is 12.1. The number of rotatable bonds is 6.